The van der Waals surface area contributed by atoms with Crippen molar-refractivity contribution in [3.8, 4) is 0 Å². The largest absolute Gasteiger partial charge is 0.481 e. The molecular formula is C20H22N2O4. The van der Waals surface area contributed by atoms with Gasteiger partial charge in [-0.15, -0.1) is 0 Å². The van der Waals surface area contributed by atoms with E-state index in [1.807, 2.05) is 13.0 Å². The number of amides is 2. The Hall–Kier alpha value is -3.15. The van der Waals surface area contributed by atoms with Gasteiger partial charge in [-0.2, -0.15) is 0 Å². The molecular weight excluding hydrogens is 332 g/mol. The first-order chi connectivity index (χ1) is 12.5. The average molecular weight is 354 g/mol. The van der Waals surface area contributed by atoms with Gasteiger partial charge in [0, 0.05) is 29.8 Å². The van der Waals surface area contributed by atoms with Crippen molar-refractivity contribution in [3.05, 3.63) is 65.2 Å². The molecule has 0 atom stereocenters. The van der Waals surface area contributed by atoms with Crippen molar-refractivity contribution in [1.29, 1.82) is 0 Å². The summed E-state index contributed by atoms with van der Waals surface area (Å²) in [6.45, 7) is 2.26. The van der Waals surface area contributed by atoms with Gasteiger partial charge in [-0.3, -0.25) is 14.4 Å². The van der Waals surface area contributed by atoms with Gasteiger partial charge < -0.3 is 15.7 Å². The van der Waals surface area contributed by atoms with E-state index < -0.39 is 5.97 Å². The van der Waals surface area contributed by atoms with Crippen LogP contribution in [0, 0.1) is 6.92 Å². The lowest BCUT2D eigenvalue weighted by Gasteiger charge is -2.11. The van der Waals surface area contributed by atoms with Crippen LogP contribution in [-0.4, -0.2) is 29.4 Å². The van der Waals surface area contributed by atoms with E-state index in [9.17, 15) is 14.4 Å². The van der Waals surface area contributed by atoms with E-state index >= 15 is 0 Å². The zero-order valence-corrected chi connectivity index (χ0v) is 14.6. The molecule has 0 fully saturated rings. The zero-order chi connectivity index (χ0) is 18.9. The van der Waals surface area contributed by atoms with Crippen molar-refractivity contribution >= 4 is 23.5 Å². The Morgan fingerprint density at radius 1 is 0.923 bits per heavy atom. The van der Waals surface area contributed by atoms with Crippen molar-refractivity contribution in [2.45, 2.75) is 26.2 Å². The topological polar surface area (TPSA) is 95.5 Å². The Morgan fingerprint density at radius 2 is 1.65 bits per heavy atom. The standard InChI is InChI=1S/C20H22N2O4/c1-14-10-11-16(19(25)21-12-6-5-9-18(23)24)13-17(14)22-20(26)15-7-3-2-4-8-15/h2-4,7-8,10-11,13H,5-6,9,12H2,1H3,(H,21,25)(H,22,26)(H,23,24). The maximum Gasteiger partial charge on any atom is 0.303 e. The molecule has 2 amide bonds. The third-order valence-electron chi connectivity index (χ3n) is 3.89. The first-order valence-electron chi connectivity index (χ1n) is 8.44. The Labute approximate surface area is 152 Å². The number of nitrogens with one attached hydrogen (secondary N) is 2. The number of carbonyl (C=O) groups is 3. The van der Waals surface area contributed by atoms with Gasteiger partial charge in [0.15, 0.2) is 0 Å². The fourth-order valence-corrected chi connectivity index (χ4v) is 2.39. The van der Waals surface area contributed by atoms with Crippen LogP contribution >= 0.6 is 0 Å². The Kier molecular flexibility index (Phi) is 6.91. The molecule has 0 spiro atoms. The number of anilines is 1. The molecule has 136 valence electrons. The molecule has 6 nitrogen and oxygen atoms in total. The number of hydrogen-bond acceptors (Lipinski definition) is 3. The van der Waals surface area contributed by atoms with E-state index in [0.717, 1.165) is 5.56 Å². The van der Waals surface area contributed by atoms with E-state index in [-0.39, 0.29) is 18.2 Å². The number of carboxylic acid groups (broad SMARTS) is 1. The maximum absolute atomic E-state index is 12.3. The summed E-state index contributed by atoms with van der Waals surface area (Å²) in [7, 11) is 0. The molecule has 0 saturated heterocycles. The summed E-state index contributed by atoms with van der Waals surface area (Å²) in [5, 5.41) is 14.2. The predicted molar refractivity (Wildman–Crippen MR) is 99.4 cm³/mol. The van der Waals surface area contributed by atoms with Crippen LogP contribution in [0.2, 0.25) is 0 Å². The van der Waals surface area contributed by atoms with E-state index in [4.69, 9.17) is 5.11 Å². The van der Waals surface area contributed by atoms with Crippen LogP contribution in [0.1, 0.15) is 45.5 Å². The maximum atomic E-state index is 12.3. The smallest absolute Gasteiger partial charge is 0.303 e. The number of unbranched alkanes of at least 4 members (excludes halogenated alkanes) is 1. The van der Waals surface area contributed by atoms with Gasteiger partial charge in [0.1, 0.15) is 0 Å². The fraction of sp³-hybridized carbons (Fsp3) is 0.250. The third kappa shape index (κ3) is 5.73. The van der Waals surface area contributed by atoms with Gasteiger partial charge >= 0.3 is 5.97 Å². The Balaban J connectivity index is 1.96. The molecule has 0 saturated carbocycles. The highest BCUT2D eigenvalue weighted by molar-refractivity contribution is 6.05. The second kappa shape index (κ2) is 9.36. The molecule has 3 N–H and O–H groups in total. The first-order valence-corrected chi connectivity index (χ1v) is 8.44. The van der Waals surface area contributed by atoms with Gasteiger partial charge in [-0.25, -0.2) is 0 Å². The predicted octanol–water partition coefficient (Wildman–Crippen LogP) is 3.23. The number of carbonyl (C=O) groups excluding carboxylic acids is 2. The monoisotopic (exact) mass is 354 g/mol. The summed E-state index contributed by atoms with van der Waals surface area (Å²) in [5.74, 6) is -1.33. The van der Waals surface area contributed by atoms with Crippen molar-refractivity contribution in [1.82, 2.24) is 5.32 Å². The van der Waals surface area contributed by atoms with Crippen LogP contribution in [0.5, 0.6) is 0 Å². The molecule has 0 aliphatic heterocycles. The quantitative estimate of drug-likeness (QED) is 0.634. The molecule has 0 aliphatic rings. The van der Waals surface area contributed by atoms with E-state index in [1.165, 1.54) is 0 Å². The Bertz CT molecular complexity index is 788. The molecule has 2 aromatic rings. The van der Waals surface area contributed by atoms with Crippen LogP contribution < -0.4 is 10.6 Å². The molecule has 0 aromatic heterocycles. The molecule has 0 heterocycles. The minimum absolute atomic E-state index is 0.0933. The number of carboxylic acids is 1. The summed E-state index contributed by atoms with van der Waals surface area (Å²) < 4.78 is 0. The Morgan fingerprint density at radius 3 is 2.35 bits per heavy atom. The first kappa shape index (κ1) is 19.2. The van der Waals surface area contributed by atoms with E-state index in [0.29, 0.717) is 36.2 Å². The minimum Gasteiger partial charge on any atom is -0.481 e. The molecule has 0 aliphatic carbocycles. The number of aliphatic carboxylic acids is 1. The SMILES string of the molecule is Cc1ccc(C(=O)NCCCCC(=O)O)cc1NC(=O)c1ccccc1. The highest BCUT2D eigenvalue weighted by Crippen LogP contribution is 2.18. The van der Waals surface area contributed by atoms with Crippen LogP contribution in [0.15, 0.2) is 48.5 Å². The molecule has 2 aromatic carbocycles. The fourth-order valence-electron chi connectivity index (χ4n) is 2.39. The van der Waals surface area contributed by atoms with Crippen LogP contribution in [-0.2, 0) is 4.79 Å². The second-order valence-electron chi connectivity index (χ2n) is 5.96. The van der Waals surface area contributed by atoms with Crippen LogP contribution in [0.4, 0.5) is 5.69 Å². The lowest BCUT2D eigenvalue weighted by molar-refractivity contribution is -0.137. The average Bonchev–Trinajstić information content (AvgIpc) is 2.63. The van der Waals surface area contributed by atoms with E-state index in [2.05, 4.69) is 10.6 Å². The van der Waals surface area contributed by atoms with Gasteiger partial charge in [0.05, 0.1) is 0 Å². The number of aryl methyl sites for hydroxylation is 1. The van der Waals surface area contributed by atoms with Crippen molar-refractivity contribution < 1.29 is 19.5 Å². The molecule has 0 radical (unpaired) electrons. The minimum atomic E-state index is -0.839. The lowest BCUT2D eigenvalue weighted by atomic mass is 10.1. The molecule has 0 unspecified atom stereocenters. The summed E-state index contributed by atoms with van der Waals surface area (Å²) in [6, 6.07) is 14.0. The molecule has 6 heteroatoms. The van der Waals surface area contributed by atoms with Crippen molar-refractivity contribution in [2.24, 2.45) is 0 Å². The van der Waals surface area contributed by atoms with Crippen LogP contribution in [0.25, 0.3) is 0 Å². The lowest BCUT2D eigenvalue weighted by Crippen LogP contribution is -2.25. The highest BCUT2D eigenvalue weighted by atomic mass is 16.4. The summed E-state index contributed by atoms with van der Waals surface area (Å²) >= 11 is 0. The van der Waals surface area contributed by atoms with Gasteiger partial charge in [0.2, 0.25) is 0 Å². The van der Waals surface area contributed by atoms with Gasteiger partial charge in [-0.05, 0) is 49.6 Å². The zero-order valence-electron chi connectivity index (χ0n) is 14.6. The third-order valence-corrected chi connectivity index (χ3v) is 3.89. The highest BCUT2D eigenvalue weighted by Gasteiger charge is 2.11. The molecule has 26 heavy (non-hydrogen) atoms. The van der Waals surface area contributed by atoms with Crippen molar-refractivity contribution in [2.75, 3.05) is 11.9 Å². The number of hydrogen-bond donors (Lipinski definition) is 3. The second-order valence-corrected chi connectivity index (χ2v) is 5.96. The summed E-state index contributed by atoms with van der Waals surface area (Å²) in [5.41, 5.74) is 2.42. The normalized spacial score (nSPS) is 10.2. The van der Waals surface area contributed by atoms with Crippen molar-refractivity contribution in [3.63, 3.8) is 0 Å². The number of rotatable bonds is 8. The summed E-state index contributed by atoms with van der Waals surface area (Å²) in [6.07, 6.45) is 1.21. The van der Waals surface area contributed by atoms with E-state index in [1.54, 1.807) is 42.5 Å². The van der Waals surface area contributed by atoms with Gasteiger partial charge in [0.25, 0.3) is 11.8 Å². The summed E-state index contributed by atoms with van der Waals surface area (Å²) in [4.78, 5) is 35.0. The van der Waals surface area contributed by atoms with Crippen LogP contribution in [0.3, 0.4) is 0 Å². The van der Waals surface area contributed by atoms with Gasteiger partial charge in [-0.1, -0.05) is 24.3 Å². The molecule has 2 rings (SSSR count). The molecule has 0 bridgehead atoms. The number of benzene rings is 2.